The van der Waals surface area contributed by atoms with Gasteiger partial charge < -0.3 is 15.8 Å². The molecule has 1 saturated heterocycles. The first-order chi connectivity index (χ1) is 9.22. The first kappa shape index (κ1) is 14.1. The van der Waals surface area contributed by atoms with Crippen LogP contribution < -0.4 is 11.1 Å². The van der Waals surface area contributed by atoms with Gasteiger partial charge in [0.25, 0.3) is 0 Å². The Labute approximate surface area is 118 Å². The predicted molar refractivity (Wildman–Crippen MR) is 80.7 cm³/mol. The van der Waals surface area contributed by atoms with E-state index in [4.69, 9.17) is 10.5 Å². The van der Waals surface area contributed by atoms with Gasteiger partial charge in [-0.2, -0.15) is 11.8 Å². The molecule has 1 aromatic rings. The predicted octanol–water partition coefficient (Wildman–Crippen LogP) is 2.61. The summed E-state index contributed by atoms with van der Waals surface area (Å²) in [5, 5.41) is 3.33. The molecule has 0 amide bonds. The Bertz CT molecular complexity index is 445. The van der Waals surface area contributed by atoms with Crippen molar-refractivity contribution in [1.29, 1.82) is 0 Å². The average molecular weight is 280 g/mol. The number of carbonyl (C=O) groups excluding carboxylic acids is 1. The minimum absolute atomic E-state index is 0.353. The highest BCUT2D eigenvalue weighted by atomic mass is 32.2. The molecule has 4 nitrogen and oxygen atoms in total. The third-order valence-corrected chi connectivity index (χ3v) is 4.46. The molecule has 2 rings (SSSR count). The minimum Gasteiger partial charge on any atom is -0.465 e. The summed E-state index contributed by atoms with van der Waals surface area (Å²) in [6.07, 6.45) is 2.44. The van der Waals surface area contributed by atoms with E-state index in [2.05, 4.69) is 5.32 Å². The van der Waals surface area contributed by atoms with Crippen LogP contribution in [0.3, 0.4) is 0 Å². The topological polar surface area (TPSA) is 64.3 Å². The van der Waals surface area contributed by atoms with Crippen molar-refractivity contribution in [3.8, 4) is 0 Å². The fraction of sp³-hybridized carbons (Fsp3) is 0.500. The fourth-order valence-electron chi connectivity index (χ4n) is 2.24. The van der Waals surface area contributed by atoms with Crippen molar-refractivity contribution >= 4 is 29.1 Å². The van der Waals surface area contributed by atoms with Crippen LogP contribution in [0, 0.1) is 5.92 Å². The van der Waals surface area contributed by atoms with Crippen molar-refractivity contribution < 1.29 is 9.53 Å². The maximum absolute atomic E-state index is 11.7. The minimum atomic E-state index is -0.353. The summed E-state index contributed by atoms with van der Waals surface area (Å²) in [5.74, 6) is 2.75. The number of carbonyl (C=O) groups is 1. The van der Waals surface area contributed by atoms with Crippen LogP contribution in [-0.4, -0.2) is 31.1 Å². The molecule has 0 aliphatic carbocycles. The molecule has 3 N–H and O–H groups in total. The molecule has 1 aliphatic heterocycles. The van der Waals surface area contributed by atoms with Crippen LogP contribution in [0.25, 0.3) is 0 Å². The van der Waals surface area contributed by atoms with E-state index in [1.807, 2.05) is 11.8 Å². The first-order valence-electron chi connectivity index (χ1n) is 6.50. The van der Waals surface area contributed by atoms with E-state index in [1.165, 1.54) is 31.5 Å². The third kappa shape index (κ3) is 3.56. The molecule has 0 atom stereocenters. The Morgan fingerprint density at radius 3 is 2.89 bits per heavy atom. The second-order valence-electron chi connectivity index (χ2n) is 4.70. The standard InChI is InChI=1S/C14H20N2O2S/c1-18-14(17)11-3-2-4-12(15)13(11)16-9-10-5-7-19-8-6-10/h2-4,10,16H,5-9,15H2,1H3. The Balaban J connectivity index is 2.07. The van der Waals surface area contributed by atoms with E-state index in [0.29, 0.717) is 22.9 Å². The Morgan fingerprint density at radius 1 is 1.47 bits per heavy atom. The highest BCUT2D eigenvalue weighted by Gasteiger charge is 2.17. The van der Waals surface area contributed by atoms with Gasteiger partial charge in [-0.05, 0) is 42.4 Å². The van der Waals surface area contributed by atoms with Gasteiger partial charge in [0.15, 0.2) is 0 Å². The summed E-state index contributed by atoms with van der Waals surface area (Å²) in [5.41, 5.74) is 7.75. The van der Waals surface area contributed by atoms with Crippen LogP contribution in [0.4, 0.5) is 11.4 Å². The van der Waals surface area contributed by atoms with Gasteiger partial charge in [0, 0.05) is 6.54 Å². The zero-order valence-electron chi connectivity index (χ0n) is 11.1. The van der Waals surface area contributed by atoms with Gasteiger partial charge >= 0.3 is 5.97 Å². The number of nitrogen functional groups attached to an aromatic ring is 1. The van der Waals surface area contributed by atoms with Crippen molar-refractivity contribution in [3.05, 3.63) is 23.8 Å². The van der Waals surface area contributed by atoms with Crippen LogP contribution in [0.2, 0.25) is 0 Å². The normalized spacial score (nSPS) is 16.1. The summed E-state index contributed by atoms with van der Waals surface area (Å²) < 4.78 is 4.79. The SMILES string of the molecule is COC(=O)c1cccc(N)c1NCC1CCSCC1. The van der Waals surface area contributed by atoms with Crippen molar-refractivity contribution in [2.75, 3.05) is 36.2 Å². The molecule has 0 radical (unpaired) electrons. The fourth-order valence-corrected chi connectivity index (χ4v) is 3.45. The van der Waals surface area contributed by atoms with Gasteiger partial charge in [0.05, 0.1) is 24.0 Å². The lowest BCUT2D eigenvalue weighted by Crippen LogP contribution is -2.21. The molecule has 104 valence electrons. The lowest BCUT2D eigenvalue weighted by molar-refractivity contribution is 0.0602. The Hall–Kier alpha value is -1.36. The lowest BCUT2D eigenvalue weighted by atomic mass is 10.0. The van der Waals surface area contributed by atoms with E-state index in [-0.39, 0.29) is 5.97 Å². The van der Waals surface area contributed by atoms with Crippen molar-refractivity contribution in [2.24, 2.45) is 5.92 Å². The summed E-state index contributed by atoms with van der Waals surface area (Å²) >= 11 is 2.01. The summed E-state index contributed by atoms with van der Waals surface area (Å²) in [7, 11) is 1.38. The number of benzene rings is 1. The van der Waals surface area contributed by atoms with Crippen molar-refractivity contribution in [1.82, 2.24) is 0 Å². The maximum atomic E-state index is 11.7. The van der Waals surface area contributed by atoms with Gasteiger partial charge in [-0.15, -0.1) is 0 Å². The second-order valence-corrected chi connectivity index (χ2v) is 5.92. The highest BCUT2D eigenvalue weighted by molar-refractivity contribution is 7.99. The third-order valence-electron chi connectivity index (χ3n) is 3.41. The highest BCUT2D eigenvalue weighted by Crippen LogP contribution is 2.27. The lowest BCUT2D eigenvalue weighted by Gasteiger charge is -2.23. The zero-order valence-corrected chi connectivity index (χ0v) is 12.0. The number of anilines is 2. The molecular formula is C14H20N2O2S. The number of hydrogen-bond donors (Lipinski definition) is 2. The number of hydrogen-bond acceptors (Lipinski definition) is 5. The monoisotopic (exact) mass is 280 g/mol. The van der Waals surface area contributed by atoms with E-state index in [9.17, 15) is 4.79 Å². The number of para-hydroxylation sites is 1. The number of ether oxygens (including phenoxy) is 1. The molecule has 1 heterocycles. The van der Waals surface area contributed by atoms with Gasteiger partial charge in [-0.1, -0.05) is 6.07 Å². The number of esters is 1. The summed E-state index contributed by atoms with van der Waals surface area (Å²) in [4.78, 5) is 11.7. The Morgan fingerprint density at radius 2 is 2.21 bits per heavy atom. The Kier molecular flexibility index (Phi) is 4.96. The van der Waals surface area contributed by atoms with Crippen LogP contribution >= 0.6 is 11.8 Å². The number of thioether (sulfide) groups is 1. The average Bonchev–Trinajstić information content (AvgIpc) is 2.46. The molecule has 0 unspecified atom stereocenters. The van der Waals surface area contributed by atoms with Gasteiger partial charge in [-0.25, -0.2) is 4.79 Å². The molecular weight excluding hydrogens is 260 g/mol. The first-order valence-corrected chi connectivity index (χ1v) is 7.66. The van der Waals surface area contributed by atoms with Crippen molar-refractivity contribution in [2.45, 2.75) is 12.8 Å². The smallest absolute Gasteiger partial charge is 0.340 e. The number of nitrogens with one attached hydrogen (secondary N) is 1. The molecule has 0 aromatic heterocycles. The zero-order chi connectivity index (χ0) is 13.7. The van der Waals surface area contributed by atoms with Gasteiger partial charge in [-0.3, -0.25) is 0 Å². The summed E-state index contributed by atoms with van der Waals surface area (Å²) in [6, 6.07) is 5.30. The molecule has 0 spiro atoms. The molecule has 1 aliphatic rings. The number of methoxy groups -OCH3 is 1. The number of nitrogens with two attached hydrogens (primary N) is 1. The largest absolute Gasteiger partial charge is 0.465 e. The summed E-state index contributed by atoms with van der Waals surface area (Å²) in [6.45, 7) is 0.860. The molecule has 0 bridgehead atoms. The van der Waals surface area contributed by atoms with Crippen LogP contribution in [-0.2, 0) is 4.74 Å². The van der Waals surface area contributed by atoms with E-state index in [1.54, 1.807) is 18.2 Å². The van der Waals surface area contributed by atoms with Gasteiger partial charge in [0.1, 0.15) is 0 Å². The molecule has 19 heavy (non-hydrogen) atoms. The molecule has 0 saturated carbocycles. The van der Waals surface area contributed by atoms with Gasteiger partial charge in [0.2, 0.25) is 0 Å². The van der Waals surface area contributed by atoms with E-state index < -0.39 is 0 Å². The maximum Gasteiger partial charge on any atom is 0.340 e. The second kappa shape index (κ2) is 6.70. The molecule has 5 heteroatoms. The molecule has 1 aromatic carbocycles. The van der Waals surface area contributed by atoms with E-state index in [0.717, 1.165) is 6.54 Å². The van der Waals surface area contributed by atoms with E-state index >= 15 is 0 Å². The number of rotatable bonds is 4. The quantitative estimate of drug-likeness (QED) is 0.655. The van der Waals surface area contributed by atoms with Crippen LogP contribution in [0.5, 0.6) is 0 Å². The van der Waals surface area contributed by atoms with Crippen molar-refractivity contribution in [3.63, 3.8) is 0 Å². The molecule has 1 fully saturated rings. The van der Waals surface area contributed by atoms with Crippen LogP contribution in [0.15, 0.2) is 18.2 Å². The van der Waals surface area contributed by atoms with Crippen LogP contribution in [0.1, 0.15) is 23.2 Å².